The Morgan fingerprint density at radius 3 is 2.54 bits per heavy atom. The number of anilines is 1. The summed E-state index contributed by atoms with van der Waals surface area (Å²) >= 11 is 0.977. The number of rotatable bonds is 4. The molecule has 1 aliphatic heterocycles. The topological polar surface area (TPSA) is 84.3 Å². The van der Waals surface area contributed by atoms with Crippen molar-refractivity contribution in [3.63, 3.8) is 0 Å². The van der Waals surface area contributed by atoms with Crippen LogP contribution in [0.3, 0.4) is 0 Å². The maximum atomic E-state index is 13.1. The smallest absolute Gasteiger partial charge is 0.341 e. The number of carbonyl (C=O) groups excluding carboxylic acids is 2. The molecule has 11 heteroatoms. The van der Waals surface area contributed by atoms with Crippen LogP contribution in [0.4, 0.5) is 18.9 Å². The van der Waals surface area contributed by atoms with Crippen molar-refractivity contribution in [2.75, 3.05) is 18.4 Å². The van der Waals surface area contributed by atoms with Crippen LogP contribution >= 0.6 is 11.3 Å². The summed E-state index contributed by atoms with van der Waals surface area (Å²) in [7, 11) is 0. The fraction of sp³-hybridized carbons (Fsp3) is 0.417. The van der Waals surface area contributed by atoms with Crippen LogP contribution in [0.1, 0.15) is 41.1 Å². The molecular weight excluding hydrogens is 481 g/mol. The lowest BCUT2D eigenvalue weighted by Gasteiger charge is -2.35. The Morgan fingerprint density at radius 2 is 1.89 bits per heavy atom. The highest BCUT2D eigenvalue weighted by atomic mass is 32.1. The number of fused-ring (bicyclic) bond motifs is 1. The number of aromatic nitrogens is 2. The fourth-order valence-electron chi connectivity index (χ4n) is 4.56. The van der Waals surface area contributed by atoms with E-state index in [-0.39, 0.29) is 28.4 Å². The van der Waals surface area contributed by atoms with E-state index in [0.29, 0.717) is 35.3 Å². The van der Waals surface area contributed by atoms with Gasteiger partial charge in [-0.3, -0.25) is 19.0 Å². The number of thiophene rings is 1. The van der Waals surface area contributed by atoms with Crippen molar-refractivity contribution >= 4 is 39.1 Å². The van der Waals surface area contributed by atoms with E-state index in [1.807, 2.05) is 0 Å². The average molecular weight is 507 g/mol. The third-order valence-corrected chi connectivity index (χ3v) is 7.30. The quantitative estimate of drug-likeness (QED) is 0.563. The van der Waals surface area contributed by atoms with Gasteiger partial charge in [-0.1, -0.05) is 19.9 Å². The standard InChI is InChI=1S/C24H25F3N4O3S/c1-13-7-14(2)10-30(9-13)18(32)11-31-12-28-22-19(23(31)34)15(3)20(35-22)21(33)29-17-6-4-5-16(8-17)24(25,26)27/h4-6,8,12-14H,7,9-11H2,1-3H3,(H,29,33)/t13-,14-/m0/s1. The second kappa shape index (κ2) is 9.44. The molecule has 1 fully saturated rings. The summed E-state index contributed by atoms with van der Waals surface area (Å²) in [5, 5.41) is 2.69. The zero-order chi connectivity index (χ0) is 25.5. The molecule has 0 bridgehead atoms. The van der Waals surface area contributed by atoms with Crippen LogP contribution in [0.2, 0.25) is 0 Å². The van der Waals surface area contributed by atoms with Gasteiger partial charge in [0.15, 0.2) is 0 Å². The molecule has 7 nitrogen and oxygen atoms in total. The van der Waals surface area contributed by atoms with Gasteiger partial charge in [0.2, 0.25) is 5.91 Å². The van der Waals surface area contributed by atoms with E-state index in [0.717, 1.165) is 29.9 Å². The minimum absolute atomic E-state index is 0.0114. The van der Waals surface area contributed by atoms with Gasteiger partial charge in [-0.05, 0) is 48.9 Å². The molecule has 186 valence electrons. The van der Waals surface area contributed by atoms with E-state index < -0.39 is 23.2 Å². The van der Waals surface area contributed by atoms with Gasteiger partial charge < -0.3 is 10.2 Å². The molecule has 0 saturated carbocycles. The monoisotopic (exact) mass is 506 g/mol. The Hall–Kier alpha value is -3.21. The van der Waals surface area contributed by atoms with Crippen molar-refractivity contribution in [2.24, 2.45) is 11.8 Å². The van der Waals surface area contributed by atoms with E-state index in [1.54, 1.807) is 11.8 Å². The predicted molar refractivity (Wildman–Crippen MR) is 128 cm³/mol. The summed E-state index contributed by atoms with van der Waals surface area (Å²) in [6.07, 6.45) is -2.19. The number of nitrogens with zero attached hydrogens (tertiary/aromatic N) is 3. The molecule has 2 atom stereocenters. The molecule has 1 aliphatic rings. The van der Waals surface area contributed by atoms with Crippen LogP contribution in [-0.4, -0.2) is 39.4 Å². The number of alkyl halides is 3. The molecule has 1 aromatic carbocycles. The number of aryl methyl sites for hydroxylation is 1. The summed E-state index contributed by atoms with van der Waals surface area (Å²) in [6, 6.07) is 4.32. The van der Waals surface area contributed by atoms with Gasteiger partial charge in [-0.2, -0.15) is 13.2 Å². The Bertz CT molecular complexity index is 1340. The normalized spacial score (nSPS) is 18.6. The number of hydrogen-bond acceptors (Lipinski definition) is 5. The minimum Gasteiger partial charge on any atom is -0.341 e. The third-order valence-electron chi connectivity index (χ3n) is 6.10. The fourth-order valence-corrected chi connectivity index (χ4v) is 5.60. The van der Waals surface area contributed by atoms with Gasteiger partial charge >= 0.3 is 6.18 Å². The minimum atomic E-state index is -4.54. The molecule has 1 N–H and O–H groups in total. The molecule has 3 aromatic rings. The zero-order valence-corrected chi connectivity index (χ0v) is 20.3. The Kier molecular flexibility index (Phi) is 6.72. The first kappa shape index (κ1) is 24.9. The Labute approximate surface area is 203 Å². The highest BCUT2D eigenvalue weighted by Crippen LogP contribution is 2.32. The van der Waals surface area contributed by atoms with E-state index in [9.17, 15) is 27.6 Å². The SMILES string of the molecule is Cc1c(C(=O)Nc2cccc(C(F)(F)F)c2)sc2ncn(CC(=O)N3C[C@@H](C)C[C@H](C)C3)c(=O)c12. The van der Waals surface area contributed by atoms with Crippen LogP contribution in [0.15, 0.2) is 35.4 Å². The summed E-state index contributed by atoms with van der Waals surface area (Å²) in [4.78, 5) is 45.4. The lowest BCUT2D eigenvalue weighted by atomic mass is 9.92. The number of hydrogen-bond donors (Lipinski definition) is 1. The third kappa shape index (κ3) is 5.24. The summed E-state index contributed by atoms with van der Waals surface area (Å²) in [6.45, 7) is 6.91. The number of amides is 2. The van der Waals surface area contributed by atoms with Crippen molar-refractivity contribution in [3.05, 3.63) is 57.0 Å². The first-order valence-electron chi connectivity index (χ1n) is 11.2. The Balaban J connectivity index is 1.58. The van der Waals surface area contributed by atoms with Gasteiger partial charge in [-0.15, -0.1) is 11.3 Å². The predicted octanol–water partition coefficient (Wildman–Crippen LogP) is 4.54. The second-order valence-electron chi connectivity index (χ2n) is 9.19. The first-order chi connectivity index (χ1) is 16.4. The highest BCUT2D eigenvalue weighted by molar-refractivity contribution is 7.20. The number of nitrogens with one attached hydrogen (secondary N) is 1. The zero-order valence-electron chi connectivity index (χ0n) is 19.5. The number of halogens is 3. The molecule has 2 amide bonds. The molecule has 3 heterocycles. The molecule has 35 heavy (non-hydrogen) atoms. The lowest BCUT2D eigenvalue weighted by Crippen LogP contribution is -2.44. The molecule has 0 radical (unpaired) electrons. The van der Waals surface area contributed by atoms with Gasteiger partial charge in [0.1, 0.15) is 11.4 Å². The maximum absolute atomic E-state index is 13.1. The van der Waals surface area contributed by atoms with Gasteiger partial charge in [0, 0.05) is 18.8 Å². The average Bonchev–Trinajstić information content (AvgIpc) is 3.12. The van der Waals surface area contributed by atoms with Crippen molar-refractivity contribution in [2.45, 2.75) is 39.9 Å². The van der Waals surface area contributed by atoms with Gasteiger partial charge in [0.25, 0.3) is 11.5 Å². The van der Waals surface area contributed by atoms with Crippen LogP contribution in [-0.2, 0) is 17.5 Å². The van der Waals surface area contributed by atoms with Gasteiger partial charge in [0.05, 0.1) is 22.2 Å². The largest absolute Gasteiger partial charge is 0.416 e. The van der Waals surface area contributed by atoms with E-state index in [1.165, 1.54) is 23.0 Å². The van der Waals surface area contributed by atoms with Crippen LogP contribution in [0, 0.1) is 18.8 Å². The van der Waals surface area contributed by atoms with E-state index in [2.05, 4.69) is 24.1 Å². The van der Waals surface area contributed by atoms with E-state index in [4.69, 9.17) is 0 Å². The summed E-state index contributed by atoms with van der Waals surface area (Å²) in [5.41, 5.74) is -0.958. The van der Waals surface area contributed by atoms with Gasteiger partial charge in [-0.25, -0.2) is 4.98 Å². The molecule has 0 spiro atoms. The number of likely N-dealkylation sites (tertiary alicyclic amines) is 1. The van der Waals surface area contributed by atoms with E-state index >= 15 is 0 Å². The maximum Gasteiger partial charge on any atom is 0.416 e. The van der Waals surface area contributed by atoms with Crippen LogP contribution < -0.4 is 10.9 Å². The first-order valence-corrected chi connectivity index (χ1v) is 12.0. The van der Waals surface area contributed by atoms with Crippen molar-refractivity contribution in [3.8, 4) is 0 Å². The van der Waals surface area contributed by atoms with Crippen molar-refractivity contribution in [1.29, 1.82) is 0 Å². The Morgan fingerprint density at radius 1 is 1.20 bits per heavy atom. The number of carbonyl (C=O) groups is 2. The molecule has 2 aromatic heterocycles. The number of piperidine rings is 1. The molecule has 0 unspecified atom stereocenters. The molecular formula is C24H25F3N4O3S. The second-order valence-corrected chi connectivity index (χ2v) is 10.2. The summed E-state index contributed by atoms with van der Waals surface area (Å²) in [5.74, 6) is -0.0285. The lowest BCUT2D eigenvalue weighted by molar-refractivity contribution is -0.137. The summed E-state index contributed by atoms with van der Waals surface area (Å²) < 4.78 is 40.2. The van der Waals surface area contributed by atoms with Crippen molar-refractivity contribution < 1.29 is 22.8 Å². The van der Waals surface area contributed by atoms with Crippen LogP contribution in [0.25, 0.3) is 10.2 Å². The highest BCUT2D eigenvalue weighted by Gasteiger charge is 2.31. The molecule has 4 rings (SSSR count). The van der Waals surface area contributed by atoms with Crippen molar-refractivity contribution in [1.82, 2.24) is 14.5 Å². The molecule has 1 saturated heterocycles. The van der Waals surface area contributed by atoms with Crippen LogP contribution in [0.5, 0.6) is 0 Å². The number of benzene rings is 1. The molecule has 0 aliphatic carbocycles.